The van der Waals surface area contributed by atoms with Gasteiger partial charge in [-0.25, -0.2) is 9.37 Å². The van der Waals surface area contributed by atoms with Gasteiger partial charge in [-0.2, -0.15) is 5.10 Å². The molecule has 178 valence electrons. The molecule has 3 aromatic heterocycles. The molecule has 0 aliphatic rings. The first-order chi connectivity index (χ1) is 17.7. The van der Waals surface area contributed by atoms with Crippen molar-refractivity contribution in [1.29, 1.82) is 0 Å². The molecule has 0 bridgehead atoms. The van der Waals surface area contributed by atoms with Crippen molar-refractivity contribution in [2.45, 2.75) is 13.1 Å². The lowest BCUT2D eigenvalue weighted by Crippen LogP contribution is -2.20. The van der Waals surface area contributed by atoms with E-state index in [-0.39, 0.29) is 18.3 Å². The van der Waals surface area contributed by atoms with Crippen molar-refractivity contribution in [3.05, 3.63) is 127 Å². The van der Waals surface area contributed by atoms with Crippen LogP contribution in [0.4, 0.5) is 4.39 Å². The van der Waals surface area contributed by atoms with E-state index in [1.807, 2.05) is 53.3 Å². The van der Waals surface area contributed by atoms with Gasteiger partial charge >= 0.3 is 0 Å². The van der Waals surface area contributed by atoms with Gasteiger partial charge in [0.2, 0.25) is 5.91 Å². The van der Waals surface area contributed by atoms with E-state index < -0.39 is 0 Å². The normalized spacial score (nSPS) is 11.1. The number of aromatic nitrogens is 5. The Morgan fingerprint density at radius 2 is 1.89 bits per heavy atom. The van der Waals surface area contributed by atoms with Gasteiger partial charge in [0.25, 0.3) is 0 Å². The molecular formula is C28H23FN6O. The SMILES string of the molecule is O=C(/C=C/c1cn(Cc2ccccc2)nc1-c1cccnc1)NCc1ccc(-n2ccnc2)c(F)c1. The first-order valence-corrected chi connectivity index (χ1v) is 11.4. The smallest absolute Gasteiger partial charge is 0.244 e. The lowest BCUT2D eigenvalue weighted by atomic mass is 10.1. The highest BCUT2D eigenvalue weighted by Gasteiger charge is 2.11. The maximum atomic E-state index is 14.5. The molecule has 8 heteroatoms. The second-order valence-corrected chi connectivity index (χ2v) is 8.16. The number of rotatable bonds is 8. The summed E-state index contributed by atoms with van der Waals surface area (Å²) in [5.41, 5.74) is 4.57. The fourth-order valence-corrected chi connectivity index (χ4v) is 3.82. The van der Waals surface area contributed by atoms with E-state index >= 15 is 0 Å². The summed E-state index contributed by atoms with van der Waals surface area (Å²) in [5, 5.41) is 7.54. The Labute approximate surface area is 207 Å². The van der Waals surface area contributed by atoms with Crippen LogP contribution in [0.15, 0.2) is 104 Å². The zero-order chi connectivity index (χ0) is 24.7. The second kappa shape index (κ2) is 10.6. The molecule has 2 aromatic carbocycles. The van der Waals surface area contributed by atoms with Crippen molar-refractivity contribution >= 4 is 12.0 Å². The Morgan fingerprint density at radius 1 is 1.00 bits per heavy atom. The van der Waals surface area contributed by atoms with Gasteiger partial charge in [-0.05, 0) is 41.5 Å². The van der Waals surface area contributed by atoms with Crippen molar-refractivity contribution < 1.29 is 9.18 Å². The van der Waals surface area contributed by atoms with Crippen LogP contribution in [0, 0.1) is 5.82 Å². The highest BCUT2D eigenvalue weighted by atomic mass is 19.1. The number of benzene rings is 2. The van der Waals surface area contributed by atoms with Crippen LogP contribution in [0.3, 0.4) is 0 Å². The Morgan fingerprint density at radius 3 is 2.64 bits per heavy atom. The van der Waals surface area contributed by atoms with E-state index in [1.165, 1.54) is 18.5 Å². The molecule has 0 saturated carbocycles. The molecule has 1 amide bonds. The quantitative estimate of drug-likeness (QED) is 0.330. The molecule has 0 unspecified atom stereocenters. The third-order valence-electron chi connectivity index (χ3n) is 5.59. The predicted molar refractivity (Wildman–Crippen MR) is 135 cm³/mol. The van der Waals surface area contributed by atoms with Crippen LogP contribution in [0.1, 0.15) is 16.7 Å². The van der Waals surface area contributed by atoms with Crippen LogP contribution < -0.4 is 5.32 Å². The summed E-state index contributed by atoms with van der Waals surface area (Å²) >= 11 is 0. The van der Waals surface area contributed by atoms with Crippen LogP contribution >= 0.6 is 0 Å². The van der Waals surface area contributed by atoms with E-state index in [2.05, 4.69) is 15.3 Å². The number of nitrogens with one attached hydrogen (secondary N) is 1. The number of pyridine rings is 1. The van der Waals surface area contributed by atoms with Gasteiger partial charge in [0.15, 0.2) is 0 Å². The molecule has 36 heavy (non-hydrogen) atoms. The highest BCUT2D eigenvalue weighted by molar-refractivity contribution is 5.92. The summed E-state index contributed by atoms with van der Waals surface area (Å²) in [6, 6.07) is 18.7. The summed E-state index contributed by atoms with van der Waals surface area (Å²) in [4.78, 5) is 20.7. The number of nitrogens with zero attached hydrogens (tertiary/aromatic N) is 5. The zero-order valence-electron chi connectivity index (χ0n) is 19.3. The van der Waals surface area contributed by atoms with Crippen molar-refractivity contribution in [3.8, 4) is 16.9 Å². The molecule has 5 rings (SSSR count). The number of carbonyl (C=O) groups excluding carboxylic acids is 1. The maximum absolute atomic E-state index is 14.5. The summed E-state index contributed by atoms with van der Waals surface area (Å²) in [6.07, 6.45) is 13.3. The van der Waals surface area contributed by atoms with E-state index in [0.717, 1.165) is 22.4 Å². The first kappa shape index (κ1) is 22.9. The molecule has 0 radical (unpaired) electrons. The number of imidazole rings is 1. The minimum Gasteiger partial charge on any atom is -0.348 e. The average molecular weight is 479 g/mol. The van der Waals surface area contributed by atoms with Crippen LogP contribution in [0.25, 0.3) is 23.0 Å². The Balaban J connectivity index is 1.29. The standard InChI is InChI=1S/C28H23FN6O/c29-25-15-22(8-10-26(25)34-14-13-31-20-34)16-32-27(36)11-9-24-19-35(18-21-5-2-1-3-6-21)33-28(24)23-7-4-12-30-17-23/h1-15,17,19-20H,16,18H2,(H,32,36)/b11-9+. The van der Waals surface area contributed by atoms with Crippen LogP contribution in [-0.4, -0.2) is 30.2 Å². The van der Waals surface area contributed by atoms with Gasteiger partial charge in [0.1, 0.15) is 11.5 Å². The third-order valence-corrected chi connectivity index (χ3v) is 5.59. The minimum atomic E-state index is -0.387. The Kier molecular flexibility index (Phi) is 6.75. The van der Waals surface area contributed by atoms with Gasteiger partial charge in [-0.3, -0.25) is 14.5 Å². The topological polar surface area (TPSA) is 77.6 Å². The maximum Gasteiger partial charge on any atom is 0.244 e. The largest absolute Gasteiger partial charge is 0.348 e. The molecule has 0 spiro atoms. The monoisotopic (exact) mass is 478 g/mol. The number of amides is 1. The van der Waals surface area contributed by atoms with Crippen LogP contribution in [0.5, 0.6) is 0 Å². The zero-order valence-corrected chi connectivity index (χ0v) is 19.3. The van der Waals surface area contributed by atoms with Crippen molar-refractivity contribution in [2.24, 2.45) is 0 Å². The van der Waals surface area contributed by atoms with Gasteiger partial charge in [0, 0.05) is 54.7 Å². The van der Waals surface area contributed by atoms with E-state index in [0.29, 0.717) is 17.8 Å². The Hall–Kier alpha value is -4.85. The molecule has 0 aliphatic heterocycles. The summed E-state index contributed by atoms with van der Waals surface area (Å²) < 4.78 is 17.9. The average Bonchev–Trinajstić information content (AvgIpc) is 3.58. The van der Waals surface area contributed by atoms with E-state index in [9.17, 15) is 9.18 Å². The fraction of sp³-hybridized carbons (Fsp3) is 0.0714. The molecular weight excluding hydrogens is 455 g/mol. The fourth-order valence-electron chi connectivity index (χ4n) is 3.82. The first-order valence-electron chi connectivity index (χ1n) is 11.4. The minimum absolute atomic E-state index is 0.201. The van der Waals surface area contributed by atoms with Gasteiger partial charge in [-0.15, -0.1) is 0 Å². The number of carbonyl (C=O) groups is 1. The molecule has 0 aliphatic carbocycles. The van der Waals surface area contributed by atoms with Gasteiger partial charge in [0.05, 0.1) is 18.6 Å². The molecule has 0 saturated heterocycles. The number of halogens is 1. The van der Waals surface area contributed by atoms with Crippen LogP contribution in [-0.2, 0) is 17.9 Å². The van der Waals surface area contributed by atoms with E-state index in [4.69, 9.17) is 5.10 Å². The summed E-state index contributed by atoms with van der Waals surface area (Å²) in [7, 11) is 0. The lowest BCUT2D eigenvalue weighted by molar-refractivity contribution is -0.116. The highest BCUT2D eigenvalue weighted by Crippen LogP contribution is 2.23. The van der Waals surface area contributed by atoms with Crippen molar-refractivity contribution in [3.63, 3.8) is 0 Å². The molecule has 1 N–H and O–H groups in total. The van der Waals surface area contributed by atoms with Crippen molar-refractivity contribution in [2.75, 3.05) is 0 Å². The number of hydrogen-bond donors (Lipinski definition) is 1. The summed E-state index contributed by atoms with van der Waals surface area (Å²) in [6.45, 7) is 0.807. The second-order valence-electron chi connectivity index (χ2n) is 8.16. The number of hydrogen-bond acceptors (Lipinski definition) is 4. The molecule has 7 nitrogen and oxygen atoms in total. The molecule has 0 atom stereocenters. The molecule has 3 heterocycles. The van der Waals surface area contributed by atoms with Gasteiger partial charge in [-0.1, -0.05) is 36.4 Å². The summed E-state index contributed by atoms with van der Waals surface area (Å²) in [5.74, 6) is -0.677. The molecule has 5 aromatic rings. The van der Waals surface area contributed by atoms with E-state index in [1.54, 1.807) is 47.6 Å². The van der Waals surface area contributed by atoms with Crippen molar-refractivity contribution in [1.82, 2.24) is 29.6 Å². The predicted octanol–water partition coefficient (Wildman–Crippen LogP) is 4.65. The lowest BCUT2D eigenvalue weighted by Gasteiger charge is -2.07. The Bertz CT molecular complexity index is 1480. The third kappa shape index (κ3) is 5.44. The molecule has 0 fully saturated rings. The van der Waals surface area contributed by atoms with Crippen LogP contribution in [0.2, 0.25) is 0 Å². The van der Waals surface area contributed by atoms with Gasteiger partial charge < -0.3 is 9.88 Å².